The van der Waals surface area contributed by atoms with E-state index in [4.69, 9.17) is 0 Å². The van der Waals surface area contributed by atoms with Gasteiger partial charge < -0.3 is 10.2 Å². The highest BCUT2D eigenvalue weighted by molar-refractivity contribution is 6.06. The van der Waals surface area contributed by atoms with Crippen molar-refractivity contribution in [2.45, 2.75) is 39.4 Å². The number of rotatable bonds is 4. The fourth-order valence-corrected chi connectivity index (χ4v) is 2.08. The highest BCUT2D eigenvalue weighted by Gasteiger charge is 2.33. The number of hydrogen-bond donors (Lipinski definition) is 1. The molecule has 0 radical (unpaired) electrons. The van der Waals surface area contributed by atoms with Gasteiger partial charge in [-0.1, -0.05) is 12.1 Å². The van der Waals surface area contributed by atoms with Crippen LogP contribution < -0.4 is 5.32 Å². The van der Waals surface area contributed by atoms with Gasteiger partial charge in [0.2, 0.25) is 0 Å². The minimum atomic E-state index is -4.60. The Balaban J connectivity index is 3.13. The molecule has 0 heterocycles. The number of hydrogen-bond acceptors (Lipinski definition) is 3. The summed E-state index contributed by atoms with van der Waals surface area (Å²) in [5.41, 5.74) is -1.93. The molecule has 0 saturated carbocycles. The number of halogens is 3. The molecule has 1 aromatic carbocycles. The first-order valence-corrected chi connectivity index (χ1v) is 7.37. The average molecular weight is 339 g/mol. The van der Waals surface area contributed by atoms with Gasteiger partial charge in [0.25, 0.3) is 5.91 Å². The third-order valence-electron chi connectivity index (χ3n) is 3.33. The van der Waals surface area contributed by atoms with Crippen LogP contribution in [0.25, 0.3) is 0 Å². The zero-order chi connectivity index (χ0) is 18.5. The normalized spacial score (nSPS) is 12.5. The number of amides is 1. The molecule has 0 fully saturated rings. The predicted octanol–water partition coefficient (Wildman–Crippen LogP) is 4.17. The van der Waals surface area contributed by atoms with E-state index in [9.17, 15) is 23.2 Å². The van der Waals surface area contributed by atoms with Gasteiger partial charge in [-0.15, -0.1) is 0 Å². The first kappa shape index (κ1) is 19.6. The number of nitriles is 1. The first-order valence-electron chi connectivity index (χ1n) is 7.37. The maximum Gasteiger partial charge on any atom is 0.418 e. The highest BCUT2D eigenvalue weighted by atomic mass is 19.4. The number of benzene rings is 1. The van der Waals surface area contributed by atoms with Gasteiger partial charge in [0.05, 0.1) is 11.3 Å². The smallest absolute Gasteiger partial charge is 0.372 e. The van der Waals surface area contributed by atoms with E-state index in [1.54, 1.807) is 11.0 Å². The molecule has 0 aliphatic heterocycles. The maximum atomic E-state index is 13.0. The van der Waals surface area contributed by atoms with Crippen molar-refractivity contribution in [3.8, 4) is 6.07 Å². The predicted molar refractivity (Wildman–Crippen MR) is 85.9 cm³/mol. The van der Waals surface area contributed by atoms with E-state index in [1.165, 1.54) is 18.3 Å². The fraction of sp³-hybridized carbons (Fsp3) is 0.412. The van der Waals surface area contributed by atoms with Crippen LogP contribution in [-0.4, -0.2) is 22.9 Å². The van der Waals surface area contributed by atoms with Crippen LogP contribution in [0.3, 0.4) is 0 Å². The van der Waals surface area contributed by atoms with Crippen LogP contribution >= 0.6 is 0 Å². The second kappa shape index (κ2) is 7.39. The zero-order valence-corrected chi connectivity index (χ0v) is 14.0. The van der Waals surface area contributed by atoms with Crippen molar-refractivity contribution >= 4 is 11.6 Å². The lowest BCUT2D eigenvalue weighted by atomic mass is 10.1. The van der Waals surface area contributed by atoms with Gasteiger partial charge >= 0.3 is 6.18 Å². The number of anilines is 1. The van der Waals surface area contributed by atoms with Crippen molar-refractivity contribution in [1.82, 2.24) is 4.90 Å². The number of para-hydroxylation sites is 1. The van der Waals surface area contributed by atoms with E-state index >= 15 is 0 Å². The number of carbonyl (C=O) groups excluding carboxylic acids is 1. The second-order valence-corrected chi connectivity index (χ2v) is 6.11. The maximum absolute atomic E-state index is 13.0. The Labute approximate surface area is 139 Å². The molecule has 0 saturated heterocycles. The summed E-state index contributed by atoms with van der Waals surface area (Å²) in [7, 11) is 0. The Morgan fingerprint density at radius 2 is 1.88 bits per heavy atom. The van der Waals surface area contributed by atoms with Gasteiger partial charge in [0.15, 0.2) is 0 Å². The van der Waals surface area contributed by atoms with Crippen LogP contribution in [-0.2, 0) is 11.0 Å². The van der Waals surface area contributed by atoms with Crippen molar-refractivity contribution in [3.05, 3.63) is 41.6 Å². The van der Waals surface area contributed by atoms with Crippen LogP contribution in [0.1, 0.15) is 33.3 Å². The molecular formula is C17H20F3N3O. The molecule has 0 aliphatic carbocycles. The fourth-order valence-electron chi connectivity index (χ4n) is 2.08. The number of carbonyl (C=O) groups is 1. The number of nitrogens with one attached hydrogen (secondary N) is 1. The van der Waals surface area contributed by atoms with Crippen LogP contribution in [0.15, 0.2) is 36.0 Å². The third kappa shape index (κ3) is 5.01. The molecule has 0 aliphatic rings. The standard InChI is InChI=1S/C17H20F3N3O/c1-5-23(16(2,3)4)11-12(10-21)15(24)22-14-9-7-6-8-13(14)17(18,19)20/h6-9,11H,5H2,1-4H3,(H,22,24)/b12-11-. The summed E-state index contributed by atoms with van der Waals surface area (Å²) in [6.45, 7) is 8.10. The molecule has 0 aromatic heterocycles. The Morgan fingerprint density at radius 3 is 2.33 bits per heavy atom. The molecule has 24 heavy (non-hydrogen) atoms. The quantitative estimate of drug-likeness (QED) is 0.661. The lowest BCUT2D eigenvalue weighted by Gasteiger charge is -2.33. The SMILES string of the molecule is CCN(/C=C(/C#N)C(=O)Nc1ccccc1C(F)(F)F)C(C)(C)C. The summed E-state index contributed by atoms with van der Waals surface area (Å²) < 4.78 is 38.9. The molecule has 1 aromatic rings. The monoisotopic (exact) mass is 339 g/mol. The van der Waals surface area contributed by atoms with Gasteiger partial charge in [-0.05, 0) is 39.8 Å². The molecule has 0 bridgehead atoms. The largest absolute Gasteiger partial charge is 0.418 e. The zero-order valence-electron chi connectivity index (χ0n) is 14.0. The molecule has 0 atom stereocenters. The van der Waals surface area contributed by atoms with E-state index in [-0.39, 0.29) is 16.8 Å². The molecule has 130 valence electrons. The van der Waals surface area contributed by atoms with Crippen molar-refractivity contribution in [2.24, 2.45) is 0 Å². The summed E-state index contributed by atoms with van der Waals surface area (Å²) in [5.74, 6) is -0.878. The number of nitrogens with zero attached hydrogens (tertiary/aromatic N) is 2. The Hall–Kier alpha value is -2.49. The van der Waals surface area contributed by atoms with E-state index in [0.29, 0.717) is 6.54 Å². The summed E-state index contributed by atoms with van der Waals surface area (Å²) in [6.07, 6.45) is -3.23. The van der Waals surface area contributed by atoms with Crippen LogP contribution in [0.4, 0.5) is 18.9 Å². The molecular weight excluding hydrogens is 319 g/mol. The van der Waals surface area contributed by atoms with Crippen LogP contribution in [0, 0.1) is 11.3 Å². The molecule has 7 heteroatoms. The summed E-state index contributed by atoms with van der Waals surface area (Å²) in [5, 5.41) is 11.4. The highest BCUT2D eigenvalue weighted by Crippen LogP contribution is 2.34. The van der Waals surface area contributed by atoms with Crippen molar-refractivity contribution in [3.63, 3.8) is 0 Å². The van der Waals surface area contributed by atoms with E-state index in [1.807, 2.05) is 27.7 Å². The molecule has 1 amide bonds. The van der Waals surface area contributed by atoms with E-state index in [0.717, 1.165) is 12.1 Å². The lowest BCUT2D eigenvalue weighted by molar-refractivity contribution is -0.137. The van der Waals surface area contributed by atoms with Gasteiger partial charge in [-0.25, -0.2) is 0 Å². The molecule has 0 unspecified atom stereocenters. The van der Waals surface area contributed by atoms with Gasteiger partial charge in [0.1, 0.15) is 11.6 Å². The van der Waals surface area contributed by atoms with Gasteiger partial charge in [-0.2, -0.15) is 18.4 Å². The van der Waals surface area contributed by atoms with Crippen molar-refractivity contribution in [2.75, 3.05) is 11.9 Å². The minimum Gasteiger partial charge on any atom is -0.372 e. The number of alkyl halides is 3. The van der Waals surface area contributed by atoms with Crippen LogP contribution in [0.5, 0.6) is 0 Å². The summed E-state index contributed by atoms with van der Waals surface area (Å²) in [6, 6.07) is 6.38. The Morgan fingerprint density at radius 1 is 1.29 bits per heavy atom. The molecule has 1 N–H and O–H groups in total. The first-order chi connectivity index (χ1) is 11.0. The second-order valence-electron chi connectivity index (χ2n) is 6.11. The lowest BCUT2D eigenvalue weighted by Crippen LogP contribution is -2.37. The average Bonchev–Trinajstić information content (AvgIpc) is 2.46. The van der Waals surface area contributed by atoms with Gasteiger partial charge in [0, 0.05) is 18.3 Å². The minimum absolute atomic E-state index is 0.260. The van der Waals surface area contributed by atoms with Crippen LogP contribution in [0.2, 0.25) is 0 Å². The third-order valence-corrected chi connectivity index (χ3v) is 3.33. The Bertz CT molecular complexity index is 667. The van der Waals surface area contributed by atoms with E-state index in [2.05, 4.69) is 5.32 Å². The van der Waals surface area contributed by atoms with E-state index < -0.39 is 17.6 Å². The van der Waals surface area contributed by atoms with Crippen molar-refractivity contribution < 1.29 is 18.0 Å². The van der Waals surface area contributed by atoms with Gasteiger partial charge in [-0.3, -0.25) is 4.79 Å². The summed E-state index contributed by atoms with van der Waals surface area (Å²) in [4.78, 5) is 14.0. The molecule has 1 rings (SSSR count). The van der Waals surface area contributed by atoms with Crippen molar-refractivity contribution in [1.29, 1.82) is 5.26 Å². The molecule has 0 spiro atoms. The topological polar surface area (TPSA) is 56.1 Å². The summed E-state index contributed by atoms with van der Waals surface area (Å²) >= 11 is 0. The Kier molecular flexibility index (Phi) is 6.02. The molecule has 4 nitrogen and oxygen atoms in total.